The smallest absolute Gasteiger partial charge is 0.318 e. The minimum Gasteiger partial charge on any atom is -0.348 e. The molecule has 0 aliphatic carbocycles. The van der Waals surface area contributed by atoms with Crippen molar-refractivity contribution in [1.82, 2.24) is 20.4 Å². The Bertz CT molecular complexity index is 1500. The van der Waals surface area contributed by atoms with Gasteiger partial charge in [-0.1, -0.05) is 90.9 Å². The number of nitrogens with zero attached hydrogens (tertiary/aromatic N) is 2. The predicted molar refractivity (Wildman–Crippen MR) is 169 cm³/mol. The van der Waals surface area contributed by atoms with Crippen molar-refractivity contribution in [2.75, 3.05) is 32.7 Å². The lowest BCUT2D eigenvalue weighted by molar-refractivity contribution is -0.123. The molecule has 3 aromatic carbocycles. The molecule has 3 amide bonds. The zero-order valence-electron chi connectivity index (χ0n) is 24.1. The van der Waals surface area contributed by atoms with Gasteiger partial charge in [-0.05, 0) is 36.1 Å². The van der Waals surface area contributed by atoms with Gasteiger partial charge >= 0.3 is 6.03 Å². The molecule has 4 rings (SSSR count). The predicted octanol–water partition coefficient (Wildman–Crippen LogP) is 3.66. The Balaban J connectivity index is 1.51. The largest absolute Gasteiger partial charge is 0.348 e. The molecule has 224 valence electrons. The van der Waals surface area contributed by atoms with Crippen LogP contribution in [0, 0.1) is 12.3 Å². The Morgan fingerprint density at radius 3 is 2.02 bits per heavy atom. The van der Waals surface area contributed by atoms with Crippen molar-refractivity contribution >= 4 is 21.8 Å². The van der Waals surface area contributed by atoms with Crippen molar-refractivity contribution in [3.63, 3.8) is 0 Å². The summed E-state index contributed by atoms with van der Waals surface area (Å²) in [7, 11) is -3.71. The number of benzene rings is 3. The summed E-state index contributed by atoms with van der Waals surface area (Å²) in [5.74, 6) is 2.25. The van der Waals surface area contributed by atoms with Gasteiger partial charge in [0.2, 0.25) is 5.91 Å². The minimum absolute atomic E-state index is 0.177. The molecule has 1 fully saturated rings. The van der Waals surface area contributed by atoms with E-state index < -0.39 is 21.9 Å². The molecule has 2 atom stereocenters. The summed E-state index contributed by atoms with van der Waals surface area (Å²) >= 11 is 0. The lowest BCUT2D eigenvalue weighted by atomic mass is 10.0. The first-order valence-corrected chi connectivity index (χ1v) is 16.0. The van der Waals surface area contributed by atoms with Gasteiger partial charge in [0.15, 0.2) is 9.84 Å². The van der Waals surface area contributed by atoms with E-state index in [1.54, 1.807) is 23.1 Å². The molecule has 43 heavy (non-hydrogen) atoms. The molecule has 1 aliphatic heterocycles. The fourth-order valence-electron chi connectivity index (χ4n) is 4.89. The van der Waals surface area contributed by atoms with E-state index in [1.165, 1.54) is 18.2 Å². The Labute approximate surface area is 254 Å². The summed E-state index contributed by atoms with van der Waals surface area (Å²) in [5, 5.41) is 7.09. The zero-order chi connectivity index (χ0) is 30.5. The zero-order valence-corrected chi connectivity index (χ0v) is 25.0. The van der Waals surface area contributed by atoms with Crippen LogP contribution in [0.5, 0.6) is 0 Å². The molecule has 0 aromatic heterocycles. The Hall–Kier alpha value is -4.39. The van der Waals surface area contributed by atoms with E-state index in [2.05, 4.69) is 21.5 Å². The molecule has 0 saturated carbocycles. The van der Waals surface area contributed by atoms with Crippen molar-refractivity contribution in [2.45, 2.75) is 36.2 Å². The Morgan fingerprint density at radius 1 is 0.837 bits per heavy atom. The van der Waals surface area contributed by atoms with E-state index >= 15 is 0 Å². The third-order valence-corrected chi connectivity index (χ3v) is 8.79. The minimum atomic E-state index is -3.71. The van der Waals surface area contributed by atoms with Crippen molar-refractivity contribution in [3.05, 3.63) is 114 Å². The molecule has 0 bridgehead atoms. The SMILES string of the molecule is C#CCN1CCN(C(=O)N[C@@H](Cc2ccccc2)C(=O)N[C@H](/C=C/S(=O)(=O)c2ccccc2)CCc2ccccc2)CC1. The summed E-state index contributed by atoms with van der Waals surface area (Å²) in [6.07, 6.45) is 8.33. The van der Waals surface area contributed by atoms with Crippen LogP contribution in [0.3, 0.4) is 0 Å². The van der Waals surface area contributed by atoms with Crippen LogP contribution in [0.4, 0.5) is 4.79 Å². The maximum Gasteiger partial charge on any atom is 0.318 e. The fraction of sp³-hybridized carbons (Fsp3) is 0.294. The maximum absolute atomic E-state index is 13.8. The second kappa shape index (κ2) is 15.7. The molecule has 0 spiro atoms. The summed E-state index contributed by atoms with van der Waals surface area (Å²) in [4.78, 5) is 31.0. The third-order valence-electron chi connectivity index (χ3n) is 7.35. The lowest BCUT2D eigenvalue weighted by Crippen LogP contribution is -2.57. The lowest BCUT2D eigenvalue weighted by Gasteiger charge is -2.34. The van der Waals surface area contributed by atoms with E-state index in [0.29, 0.717) is 45.6 Å². The van der Waals surface area contributed by atoms with Gasteiger partial charge < -0.3 is 15.5 Å². The first-order valence-electron chi connectivity index (χ1n) is 14.4. The first kappa shape index (κ1) is 31.5. The van der Waals surface area contributed by atoms with Crippen LogP contribution in [0.25, 0.3) is 0 Å². The summed E-state index contributed by atoms with van der Waals surface area (Å²) in [6.45, 7) is 2.87. The number of nitrogens with one attached hydrogen (secondary N) is 2. The van der Waals surface area contributed by atoms with Gasteiger partial charge in [0, 0.05) is 44.0 Å². The van der Waals surface area contributed by atoms with Crippen molar-refractivity contribution in [2.24, 2.45) is 0 Å². The number of hydrogen-bond acceptors (Lipinski definition) is 5. The molecule has 0 unspecified atom stereocenters. The van der Waals surface area contributed by atoms with Gasteiger partial charge in [-0.2, -0.15) is 0 Å². The number of urea groups is 1. The average Bonchev–Trinajstić information content (AvgIpc) is 3.04. The molecule has 2 N–H and O–H groups in total. The third kappa shape index (κ3) is 9.84. The van der Waals surface area contributed by atoms with E-state index in [9.17, 15) is 18.0 Å². The van der Waals surface area contributed by atoms with Gasteiger partial charge in [0.1, 0.15) is 6.04 Å². The van der Waals surface area contributed by atoms with Crippen LogP contribution in [0.2, 0.25) is 0 Å². The first-order chi connectivity index (χ1) is 20.8. The van der Waals surface area contributed by atoms with Crippen LogP contribution in [-0.2, 0) is 27.5 Å². The van der Waals surface area contributed by atoms with Gasteiger partial charge in [-0.3, -0.25) is 9.69 Å². The maximum atomic E-state index is 13.8. The second-order valence-corrected chi connectivity index (χ2v) is 12.3. The molecular formula is C34H38N4O4S. The number of hydrogen-bond donors (Lipinski definition) is 2. The highest BCUT2D eigenvalue weighted by Crippen LogP contribution is 2.14. The highest BCUT2D eigenvalue weighted by Gasteiger charge is 2.27. The summed E-state index contributed by atoms with van der Waals surface area (Å²) in [5.41, 5.74) is 1.96. The number of aryl methyl sites for hydroxylation is 1. The molecule has 1 aliphatic rings. The monoisotopic (exact) mass is 598 g/mol. The quantitative estimate of drug-likeness (QED) is 0.310. The van der Waals surface area contributed by atoms with Crippen LogP contribution < -0.4 is 10.6 Å². The van der Waals surface area contributed by atoms with E-state index in [1.807, 2.05) is 60.7 Å². The van der Waals surface area contributed by atoms with Crippen LogP contribution >= 0.6 is 0 Å². The van der Waals surface area contributed by atoms with Crippen molar-refractivity contribution in [1.29, 1.82) is 0 Å². The van der Waals surface area contributed by atoms with E-state index in [-0.39, 0.29) is 23.3 Å². The Kier molecular flexibility index (Phi) is 11.5. The van der Waals surface area contributed by atoms with Crippen LogP contribution in [-0.4, -0.2) is 75.0 Å². The number of carbonyl (C=O) groups is 2. The number of rotatable bonds is 12. The van der Waals surface area contributed by atoms with Gasteiger partial charge in [-0.25, -0.2) is 13.2 Å². The van der Waals surface area contributed by atoms with Crippen LogP contribution in [0.15, 0.2) is 107 Å². The molecule has 1 saturated heterocycles. The normalized spacial score (nSPS) is 15.4. The topological polar surface area (TPSA) is 98.8 Å². The van der Waals surface area contributed by atoms with Gasteiger partial charge in [0.05, 0.1) is 11.4 Å². The number of carbonyl (C=O) groups excluding carboxylic acids is 2. The van der Waals surface area contributed by atoms with Crippen LogP contribution in [0.1, 0.15) is 17.5 Å². The van der Waals surface area contributed by atoms with E-state index in [0.717, 1.165) is 16.5 Å². The molecule has 9 heteroatoms. The second-order valence-electron chi connectivity index (χ2n) is 10.5. The number of piperazine rings is 1. The molecule has 8 nitrogen and oxygen atoms in total. The number of amides is 3. The summed E-state index contributed by atoms with van der Waals surface area (Å²) in [6, 6.07) is 25.7. The van der Waals surface area contributed by atoms with E-state index in [4.69, 9.17) is 6.42 Å². The molecule has 1 heterocycles. The van der Waals surface area contributed by atoms with Gasteiger partial charge in [0.25, 0.3) is 0 Å². The molecule has 0 radical (unpaired) electrons. The standard InChI is InChI=1S/C34H38N4O4S/c1-2-21-37-22-24-38(25-23-37)34(40)36-32(27-29-14-8-4-9-15-29)33(39)35-30(19-18-28-12-6-3-7-13-28)20-26-43(41,42)31-16-10-5-11-17-31/h1,3-17,20,26,30,32H,18-19,21-25,27H2,(H,35,39)(H,36,40)/b26-20+/t30-,32-/m0/s1. The van der Waals surface area contributed by atoms with Crippen molar-refractivity contribution < 1.29 is 18.0 Å². The number of terminal acetylenes is 1. The highest BCUT2D eigenvalue weighted by molar-refractivity contribution is 7.94. The highest BCUT2D eigenvalue weighted by atomic mass is 32.2. The van der Waals surface area contributed by atoms with Gasteiger partial charge in [-0.15, -0.1) is 6.42 Å². The number of sulfone groups is 1. The average molecular weight is 599 g/mol. The van der Waals surface area contributed by atoms with Crippen molar-refractivity contribution in [3.8, 4) is 12.3 Å². The molecular weight excluding hydrogens is 560 g/mol. The summed E-state index contributed by atoms with van der Waals surface area (Å²) < 4.78 is 26.0. The Morgan fingerprint density at radius 2 is 1.42 bits per heavy atom. The fourth-order valence-corrected chi connectivity index (χ4v) is 5.98. The molecule has 3 aromatic rings.